The van der Waals surface area contributed by atoms with Gasteiger partial charge in [-0.2, -0.15) is 5.10 Å². The highest BCUT2D eigenvalue weighted by Crippen LogP contribution is 2.11. The summed E-state index contributed by atoms with van der Waals surface area (Å²) in [7, 11) is 0. The average molecular weight is 388 g/mol. The molecule has 3 aromatic carbocycles. The molecule has 0 aliphatic carbocycles. The van der Waals surface area contributed by atoms with Crippen LogP contribution in [-0.2, 0) is 0 Å². The third kappa shape index (κ3) is 5.59. The fourth-order valence-corrected chi connectivity index (χ4v) is 2.88. The second-order valence-electron chi connectivity index (χ2n) is 6.33. The Morgan fingerprint density at radius 1 is 0.893 bits per heavy atom. The molecule has 5 heteroatoms. The maximum atomic E-state index is 12.6. The van der Waals surface area contributed by atoms with Gasteiger partial charge >= 0.3 is 0 Å². The number of Topliss-reactive ketones (excluding diaryl/α,β-unsaturated/α-hetero) is 1. The number of hydrazone groups is 1. The van der Waals surface area contributed by atoms with Crippen molar-refractivity contribution >= 4 is 34.5 Å². The molecule has 0 unspecified atom stereocenters. The first-order chi connectivity index (χ1) is 13.6. The van der Waals surface area contributed by atoms with Crippen molar-refractivity contribution in [3.8, 4) is 0 Å². The van der Waals surface area contributed by atoms with Crippen molar-refractivity contribution in [2.45, 2.75) is 13.3 Å². The summed E-state index contributed by atoms with van der Waals surface area (Å²) in [5, 5.41) is 7.89. The van der Waals surface area contributed by atoms with Gasteiger partial charge < -0.3 is 5.32 Å². The van der Waals surface area contributed by atoms with E-state index in [1.807, 2.05) is 91.9 Å². The second kappa shape index (κ2) is 9.58. The van der Waals surface area contributed by atoms with E-state index in [2.05, 4.69) is 15.8 Å². The van der Waals surface area contributed by atoms with Crippen LogP contribution in [0, 0.1) is 6.92 Å². The monoisotopic (exact) mass is 387 g/mol. The lowest BCUT2D eigenvalue weighted by Crippen LogP contribution is -2.26. The highest BCUT2D eigenvalue weighted by atomic mass is 32.1. The number of ketones is 1. The molecule has 140 valence electrons. The molecule has 0 aliphatic rings. The molecule has 0 radical (unpaired) electrons. The van der Waals surface area contributed by atoms with E-state index in [0.29, 0.717) is 16.4 Å². The summed E-state index contributed by atoms with van der Waals surface area (Å²) in [6.45, 7) is 2.02. The van der Waals surface area contributed by atoms with Gasteiger partial charge in [0.15, 0.2) is 10.9 Å². The van der Waals surface area contributed by atoms with E-state index in [1.165, 1.54) is 0 Å². The summed E-state index contributed by atoms with van der Waals surface area (Å²) in [6, 6.07) is 26.7. The zero-order valence-electron chi connectivity index (χ0n) is 15.6. The largest absolute Gasteiger partial charge is 0.331 e. The average Bonchev–Trinajstić information content (AvgIpc) is 2.72. The Kier molecular flexibility index (Phi) is 6.65. The third-order valence-electron chi connectivity index (χ3n) is 4.10. The van der Waals surface area contributed by atoms with Crippen molar-refractivity contribution in [1.29, 1.82) is 0 Å². The highest BCUT2D eigenvalue weighted by Gasteiger charge is 2.12. The van der Waals surface area contributed by atoms with Crippen molar-refractivity contribution in [3.63, 3.8) is 0 Å². The SMILES string of the molecule is Cc1cccc(NC(=S)NN=C(CC(=O)c2ccccc2)c2ccccc2)c1. The van der Waals surface area contributed by atoms with Gasteiger partial charge in [-0.15, -0.1) is 0 Å². The summed E-state index contributed by atoms with van der Waals surface area (Å²) in [6.07, 6.45) is 0.175. The van der Waals surface area contributed by atoms with Crippen molar-refractivity contribution in [1.82, 2.24) is 5.43 Å². The van der Waals surface area contributed by atoms with Gasteiger partial charge in [-0.25, -0.2) is 0 Å². The van der Waals surface area contributed by atoms with Gasteiger partial charge in [-0.05, 0) is 42.4 Å². The molecule has 4 nitrogen and oxygen atoms in total. The zero-order chi connectivity index (χ0) is 19.8. The zero-order valence-corrected chi connectivity index (χ0v) is 16.4. The van der Waals surface area contributed by atoms with Crippen LogP contribution >= 0.6 is 12.2 Å². The van der Waals surface area contributed by atoms with Gasteiger partial charge in [0.25, 0.3) is 0 Å². The molecule has 0 spiro atoms. The van der Waals surface area contributed by atoms with Crippen LogP contribution in [0.4, 0.5) is 5.69 Å². The maximum absolute atomic E-state index is 12.6. The van der Waals surface area contributed by atoms with Gasteiger partial charge in [0.05, 0.1) is 12.1 Å². The number of aryl methyl sites for hydroxylation is 1. The molecule has 0 heterocycles. The fraction of sp³-hybridized carbons (Fsp3) is 0.0870. The van der Waals surface area contributed by atoms with Gasteiger partial charge in [-0.3, -0.25) is 10.2 Å². The van der Waals surface area contributed by atoms with Gasteiger partial charge in [0, 0.05) is 11.3 Å². The topological polar surface area (TPSA) is 53.5 Å². The summed E-state index contributed by atoms with van der Waals surface area (Å²) >= 11 is 5.34. The Morgan fingerprint density at radius 2 is 1.54 bits per heavy atom. The number of hydrogen-bond acceptors (Lipinski definition) is 3. The van der Waals surface area contributed by atoms with E-state index in [-0.39, 0.29) is 12.2 Å². The van der Waals surface area contributed by atoms with Crippen LogP contribution < -0.4 is 10.7 Å². The lowest BCUT2D eigenvalue weighted by atomic mass is 10.0. The number of hydrogen-bond donors (Lipinski definition) is 2. The fourth-order valence-electron chi connectivity index (χ4n) is 2.71. The Labute approximate surface area is 170 Å². The standard InChI is InChI=1S/C23H21N3OS/c1-17-9-8-14-20(15-17)24-23(28)26-25-21(18-10-4-2-5-11-18)16-22(27)19-12-6-3-7-13-19/h2-15H,16H2,1H3,(H2,24,26,28). The van der Waals surface area contributed by atoms with Crippen LogP contribution in [0.15, 0.2) is 90.0 Å². The quantitative estimate of drug-likeness (QED) is 0.272. The highest BCUT2D eigenvalue weighted by molar-refractivity contribution is 7.80. The summed E-state index contributed by atoms with van der Waals surface area (Å²) in [4.78, 5) is 12.6. The van der Waals surface area contributed by atoms with Crippen LogP contribution in [-0.4, -0.2) is 16.6 Å². The van der Waals surface area contributed by atoms with Crippen molar-refractivity contribution in [3.05, 3.63) is 102 Å². The molecule has 0 aromatic heterocycles. The first kappa shape index (κ1) is 19.5. The molecule has 28 heavy (non-hydrogen) atoms. The summed E-state index contributed by atoms with van der Waals surface area (Å²) in [5.41, 5.74) is 7.04. The molecule has 2 N–H and O–H groups in total. The minimum Gasteiger partial charge on any atom is -0.331 e. The van der Waals surface area contributed by atoms with Gasteiger partial charge in [0.1, 0.15) is 0 Å². The van der Waals surface area contributed by atoms with Crippen LogP contribution in [0.5, 0.6) is 0 Å². The van der Waals surface area contributed by atoms with E-state index < -0.39 is 0 Å². The van der Waals surface area contributed by atoms with E-state index >= 15 is 0 Å². The van der Waals surface area contributed by atoms with E-state index in [4.69, 9.17) is 12.2 Å². The van der Waals surface area contributed by atoms with Crippen molar-refractivity contribution < 1.29 is 4.79 Å². The molecule has 0 amide bonds. The Balaban J connectivity index is 1.75. The number of nitrogens with zero attached hydrogens (tertiary/aromatic N) is 1. The lowest BCUT2D eigenvalue weighted by molar-refractivity contribution is 0.100. The van der Waals surface area contributed by atoms with E-state index in [0.717, 1.165) is 16.8 Å². The number of thiocarbonyl (C=S) groups is 1. The minimum atomic E-state index is 0.00237. The molecule has 0 saturated carbocycles. The number of anilines is 1. The van der Waals surface area contributed by atoms with Crippen LogP contribution in [0.25, 0.3) is 0 Å². The molecular weight excluding hydrogens is 366 g/mol. The molecule has 0 aliphatic heterocycles. The first-order valence-corrected chi connectivity index (χ1v) is 9.36. The lowest BCUT2D eigenvalue weighted by Gasteiger charge is -2.10. The van der Waals surface area contributed by atoms with Crippen LogP contribution in [0.3, 0.4) is 0 Å². The van der Waals surface area contributed by atoms with E-state index in [9.17, 15) is 4.79 Å². The molecule has 0 bridgehead atoms. The predicted octanol–water partition coefficient (Wildman–Crippen LogP) is 4.96. The smallest absolute Gasteiger partial charge is 0.191 e. The molecule has 3 aromatic rings. The van der Waals surface area contributed by atoms with Crippen molar-refractivity contribution in [2.24, 2.45) is 5.10 Å². The number of rotatable bonds is 6. The predicted molar refractivity (Wildman–Crippen MR) is 119 cm³/mol. The number of carbonyl (C=O) groups excluding carboxylic acids is 1. The first-order valence-electron chi connectivity index (χ1n) is 8.96. The molecule has 0 atom stereocenters. The normalized spacial score (nSPS) is 11.0. The van der Waals surface area contributed by atoms with Crippen LogP contribution in [0.1, 0.15) is 27.9 Å². The third-order valence-corrected chi connectivity index (χ3v) is 4.29. The van der Waals surface area contributed by atoms with Gasteiger partial charge in [-0.1, -0.05) is 72.8 Å². The summed E-state index contributed by atoms with van der Waals surface area (Å²) in [5.74, 6) is 0.00237. The Bertz CT molecular complexity index is 985. The number of nitrogens with one attached hydrogen (secondary N) is 2. The van der Waals surface area contributed by atoms with Crippen LogP contribution in [0.2, 0.25) is 0 Å². The second-order valence-corrected chi connectivity index (χ2v) is 6.73. The Morgan fingerprint density at radius 3 is 2.18 bits per heavy atom. The molecule has 3 rings (SSSR count). The maximum Gasteiger partial charge on any atom is 0.191 e. The van der Waals surface area contributed by atoms with Crippen molar-refractivity contribution in [2.75, 3.05) is 5.32 Å². The molecular formula is C23H21N3OS. The van der Waals surface area contributed by atoms with Gasteiger partial charge in [0.2, 0.25) is 0 Å². The van der Waals surface area contributed by atoms with E-state index in [1.54, 1.807) is 0 Å². The number of benzene rings is 3. The molecule has 0 fully saturated rings. The molecule has 0 saturated heterocycles. The Hall–Kier alpha value is -3.31. The minimum absolute atomic E-state index is 0.00237. The summed E-state index contributed by atoms with van der Waals surface area (Å²) < 4.78 is 0. The number of carbonyl (C=O) groups is 1.